The van der Waals surface area contributed by atoms with Crippen LogP contribution in [0.4, 0.5) is 0 Å². The van der Waals surface area contributed by atoms with Gasteiger partial charge in [-0.15, -0.1) is 0 Å². The number of hydrogen-bond donors (Lipinski definition) is 6. The Hall–Kier alpha value is -0.820. The number of rotatable bonds is 12. The molecule has 4 rings (SSSR count). The lowest BCUT2D eigenvalue weighted by atomic mass is 9.43. The Balaban J connectivity index is 1.27. The number of likely N-dealkylation sites (N-methyl/N-ethyl adjacent to an activating group) is 1. The first-order valence-electron chi connectivity index (χ1n) is 16.6. The summed E-state index contributed by atoms with van der Waals surface area (Å²) in [6.45, 7) is 8.10. The van der Waals surface area contributed by atoms with Gasteiger partial charge in [0.25, 0.3) is 10.1 Å². The third-order valence-electron chi connectivity index (χ3n) is 12.7. The van der Waals surface area contributed by atoms with Crippen LogP contribution in [0.5, 0.6) is 0 Å². The maximum absolute atomic E-state index is 12.7. The first-order valence-corrected chi connectivity index (χ1v) is 18.2. The lowest BCUT2D eigenvalue weighted by Crippen LogP contribution is -2.62. The number of aliphatic hydroxyl groups is 4. The highest BCUT2D eigenvalue weighted by Crippen LogP contribution is 2.68. The molecule has 4 aliphatic carbocycles. The zero-order valence-electron chi connectivity index (χ0n) is 27.0. The number of quaternary nitrogens is 1. The Morgan fingerprint density at radius 2 is 1.74 bits per heavy atom. The first-order chi connectivity index (χ1) is 19.9. The largest absolute Gasteiger partial charge is 0.393 e. The third-order valence-corrected chi connectivity index (χ3v) is 13.5. The second-order valence-corrected chi connectivity index (χ2v) is 17.5. The SMILES string of the molecule is C[C@H](CCC(=O)NCCC[N+](C)(C)C[C@H](O)CS(=O)(=O)O)[C@H]1CC[C@@H]2[C@@H]3[C@H](O)C[C@@H]4C[C@H](O)CC[C@]4(C)[C@H]3C[C@H](O)[C@@]21C. The molecule has 4 aliphatic rings. The average molecular weight is 632 g/mol. The number of carbonyl (C=O) groups excluding carboxylic acids is 1. The van der Waals surface area contributed by atoms with Crippen molar-refractivity contribution >= 4 is 16.0 Å². The molecule has 0 saturated heterocycles. The van der Waals surface area contributed by atoms with Crippen LogP contribution in [0.3, 0.4) is 0 Å². The molecule has 0 heterocycles. The van der Waals surface area contributed by atoms with E-state index in [4.69, 9.17) is 4.55 Å². The lowest BCUT2D eigenvalue weighted by molar-refractivity contribution is -0.893. The van der Waals surface area contributed by atoms with Crippen LogP contribution >= 0.6 is 0 Å². The van der Waals surface area contributed by atoms with Gasteiger partial charge in [0.2, 0.25) is 5.91 Å². The van der Waals surface area contributed by atoms with E-state index < -0.39 is 28.1 Å². The summed E-state index contributed by atoms with van der Waals surface area (Å²) < 4.78 is 31.3. The molecule has 0 bridgehead atoms. The molecule has 0 radical (unpaired) electrons. The van der Waals surface area contributed by atoms with Gasteiger partial charge in [-0.2, -0.15) is 8.42 Å². The van der Waals surface area contributed by atoms with Gasteiger partial charge in [-0.1, -0.05) is 20.8 Å². The van der Waals surface area contributed by atoms with Gasteiger partial charge < -0.3 is 30.2 Å². The van der Waals surface area contributed by atoms with Crippen molar-refractivity contribution in [2.45, 2.75) is 109 Å². The summed E-state index contributed by atoms with van der Waals surface area (Å²) in [5, 5.41) is 46.5. The normalized spacial score (nSPS) is 41.1. The maximum atomic E-state index is 12.7. The third kappa shape index (κ3) is 7.60. The molecule has 43 heavy (non-hydrogen) atoms. The molecular formula is C32H59N2O8S+. The van der Waals surface area contributed by atoms with Crippen LogP contribution < -0.4 is 5.32 Å². The van der Waals surface area contributed by atoms with E-state index in [1.807, 2.05) is 14.1 Å². The molecular weight excluding hydrogens is 572 g/mol. The fourth-order valence-electron chi connectivity index (χ4n) is 10.5. The van der Waals surface area contributed by atoms with Crippen LogP contribution in [0.15, 0.2) is 0 Å². The molecule has 4 fully saturated rings. The predicted octanol–water partition coefficient (Wildman–Crippen LogP) is 2.20. The highest BCUT2D eigenvalue weighted by Gasteiger charge is 2.65. The zero-order chi connectivity index (χ0) is 32.0. The standard InChI is InChI=1S/C32H58N2O8S/c1-20(7-10-29(39)33-13-6-14-34(4,5)18-23(36)19-43(40,41)42)24-8-9-25-30-26(17-28(38)32(24,25)3)31(2)12-11-22(35)15-21(31)16-27(30)37/h20-28,30,35-38H,6-19H2,1-5H3,(H-,33,39,40,41,42)/p+1/t20-,21+,22-,23+,24-,25-,26+,27-,28+,30+,31+,32-/m1/s1. The molecule has 0 aromatic carbocycles. The van der Waals surface area contributed by atoms with E-state index in [-0.39, 0.29) is 59.2 Å². The van der Waals surface area contributed by atoms with Gasteiger partial charge >= 0.3 is 0 Å². The number of fused-ring (bicyclic) bond motifs is 5. The van der Waals surface area contributed by atoms with Crippen LogP contribution in [0.25, 0.3) is 0 Å². The molecule has 11 heteroatoms. The van der Waals surface area contributed by atoms with Gasteiger partial charge in [-0.05, 0) is 97.7 Å². The minimum Gasteiger partial charge on any atom is -0.393 e. The van der Waals surface area contributed by atoms with Gasteiger partial charge in [0.15, 0.2) is 0 Å². The summed E-state index contributed by atoms with van der Waals surface area (Å²) in [5.41, 5.74) is -0.222. The van der Waals surface area contributed by atoms with E-state index >= 15 is 0 Å². The molecule has 0 aromatic rings. The Morgan fingerprint density at radius 3 is 2.42 bits per heavy atom. The number of hydrogen-bond acceptors (Lipinski definition) is 7. The lowest BCUT2D eigenvalue weighted by Gasteiger charge is -2.63. The van der Waals surface area contributed by atoms with Gasteiger partial charge in [-0.25, -0.2) is 0 Å². The fraction of sp³-hybridized carbons (Fsp3) is 0.969. The molecule has 4 saturated carbocycles. The summed E-state index contributed by atoms with van der Waals surface area (Å²) in [6, 6.07) is 0. The molecule has 12 atom stereocenters. The van der Waals surface area contributed by atoms with Gasteiger partial charge in [0.05, 0.1) is 39.0 Å². The molecule has 10 nitrogen and oxygen atoms in total. The molecule has 0 aromatic heterocycles. The molecule has 6 N–H and O–H groups in total. The second kappa shape index (κ2) is 13.1. The van der Waals surface area contributed by atoms with Crippen molar-refractivity contribution in [3.63, 3.8) is 0 Å². The summed E-state index contributed by atoms with van der Waals surface area (Å²) in [7, 11) is -0.484. The Morgan fingerprint density at radius 1 is 1.05 bits per heavy atom. The zero-order valence-corrected chi connectivity index (χ0v) is 27.8. The van der Waals surface area contributed by atoms with Crippen molar-refractivity contribution in [1.82, 2.24) is 5.32 Å². The fourth-order valence-corrected chi connectivity index (χ4v) is 11.1. The van der Waals surface area contributed by atoms with Crippen molar-refractivity contribution in [3.8, 4) is 0 Å². The Labute approximate surface area is 259 Å². The van der Waals surface area contributed by atoms with Crippen LogP contribution in [0.2, 0.25) is 0 Å². The van der Waals surface area contributed by atoms with Gasteiger partial charge in [-0.3, -0.25) is 9.35 Å². The minimum absolute atomic E-state index is 0.00585. The molecule has 0 aliphatic heterocycles. The van der Waals surface area contributed by atoms with E-state index in [1.54, 1.807) is 0 Å². The summed E-state index contributed by atoms with van der Waals surface area (Å²) in [4.78, 5) is 12.7. The molecule has 0 spiro atoms. The Kier molecular flexibility index (Phi) is 10.7. The van der Waals surface area contributed by atoms with Crippen molar-refractivity contribution in [1.29, 1.82) is 0 Å². The van der Waals surface area contributed by atoms with Crippen molar-refractivity contribution in [2.24, 2.45) is 46.3 Å². The van der Waals surface area contributed by atoms with E-state index in [9.17, 15) is 33.6 Å². The first kappa shape index (κ1) is 35.0. The topological polar surface area (TPSA) is 164 Å². The average Bonchev–Trinajstić information content (AvgIpc) is 3.24. The van der Waals surface area contributed by atoms with E-state index in [0.717, 1.165) is 44.9 Å². The number of amides is 1. The molecule has 0 unspecified atom stereocenters. The monoisotopic (exact) mass is 631 g/mol. The number of nitrogens with one attached hydrogen (secondary N) is 1. The number of carbonyl (C=O) groups is 1. The van der Waals surface area contributed by atoms with Gasteiger partial charge in [0.1, 0.15) is 18.4 Å². The number of aliphatic hydroxyl groups excluding tert-OH is 4. The van der Waals surface area contributed by atoms with E-state index in [0.29, 0.717) is 48.7 Å². The summed E-state index contributed by atoms with van der Waals surface area (Å²) in [6.07, 6.45) is 5.56. The van der Waals surface area contributed by atoms with Crippen LogP contribution in [0, 0.1) is 46.3 Å². The number of nitrogens with zero attached hydrogens (tertiary/aromatic N) is 1. The predicted molar refractivity (Wildman–Crippen MR) is 164 cm³/mol. The Bertz CT molecular complexity index is 1090. The summed E-state index contributed by atoms with van der Waals surface area (Å²) in [5.74, 6) is 0.890. The molecule has 250 valence electrons. The van der Waals surface area contributed by atoms with Crippen molar-refractivity contribution in [2.75, 3.05) is 39.5 Å². The van der Waals surface area contributed by atoms with Crippen LogP contribution in [-0.2, 0) is 14.9 Å². The second-order valence-electron chi connectivity index (χ2n) is 16.0. The summed E-state index contributed by atoms with van der Waals surface area (Å²) >= 11 is 0. The maximum Gasteiger partial charge on any atom is 0.267 e. The van der Waals surface area contributed by atoms with Crippen molar-refractivity contribution in [3.05, 3.63) is 0 Å². The quantitative estimate of drug-likeness (QED) is 0.108. The highest BCUT2D eigenvalue weighted by atomic mass is 32.2. The van der Waals surface area contributed by atoms with Crippen LogP contribution in [0.1, 0.15) is 85.0 Å². The smallest absolute Gasteiger partial charge is 0.267 e. The highest BCUT2D eigenvalue weighted by molar-refractivity contribution is 7.85. The van der Waals surface area contributed by atoms with E-state index in [2.05, 4.69) is 26.1 Å². The van der Waals surface area contributed by atoms with Crippen molar-refractivity contribution < 1.29 is 42.7 Å². The van der Waals surface area contributed by atoms with Crippen LogP contribution in [-0.4, -0.2) is 108 Å². The van der Waals surface area contributed by atoms with Gasteiger partial charge in [0, 0.05) is 19.4 Å². The minimum atomic E-state index is -4.23. The van der Waals surface area contributed by atoms with E-state index in [1.165, 1.54) is 0 Å². The molecule has 1 amide bonds.